The molecule has 0 radical (unpaired) electrons. The van der Waals surface area contributed by atoms with Crippen molar-refractivity contribution in [3.8, 4) is 5.75 Å². The molecule has 6 heteroatoms. The molecule has 5 nitrogen and oxygen atoms in total. The first-order valence-electron chi connectivity index (χ1n) is 11.0. The Balaban J connectivity index is 1.59. The van der Waals surface area contributed by atoms with Gasteiger partial charge in [0.05, 0.1) is 6.61 Å². The summed E-state index contributed by atoms with van der Waals surface area (Å²) in [5.74, 6) is 0.692. The maximum Gasteiger partial charge on any atom is 0.242 e. The van der Waals surface area contributed by atoms with E-state index in [4.69, 9.17) is 4.74 Å². The van der Waals surface area contributed by atoms with Crippen LogP contribution < -0.4 is 10.1 Å². The van der Waals surface area contributed by atoms with E-state index in [2.05, 4.69) is 21.2 Å². The van der Waals surface area contributed by atoms with Gasteiger partial charge in [0.2, 0.25) is 11.8 Å². The third-order valence-electron chi connectivity index (χ3n) is 5.68. The molecule has 0 bridgehead atoms. The first-order valence-corrected chi connectivity index (χ1v) is 11.8. The van der Waals surface area contributed by atoms with Crippen LogP contribution in [0.3, 0.4) is 0 Å². The van der Waals surface area contributed by atoms with Gasteiger partial charge in [0.15, 0.2) is 0 Å². The van der Waals surface area contributed by atoms with Crippen molar-refractivity contribution >= 4 is 27.7 Å². The van der Waals surface area contributed by atoms with Crippen molar-refractivity contribution in [1.29, 1.82) is 0 Å². The SMILES string of the molecule is C[C@@H](C(=O)NC1CCCC1)N(Cc1ccc(Br)cc1)C(=O)CCCOc1ccccc1. The summed E-state index contributed by atoms with van der Waals surface area (Å²) in [6.07, 6.45) is 5.29. The fraction of sp³-hybridized carbons (Fsp3) is 0.440. The lowest BCUT2D eigenvalue weighted by molar-refractivity contribution is -0.141. The fourth-order valence-corrected chi connectivity index (χ4v) is 4.10. The number of hydrogen-bond donors (Lipinski definition) is 1. The Bertz CT molecular complexity index is 836. The van der Waals surface area contributed by atoms with Gasteiger partial charge >= 0.3 is 0 Å². The van der Waals surface area contributed by atoms with E-state index in [0.29, 0.717) is 26.0 Å². The number of nitrogens with zero attached hydrogens (tertiary/aromatic N) is 1. The Hall–Kier alpha value is -2.34. The molecule has 2 amide bonds. The maximum absolute atomic E-state index is 13.1. The Kier molecular flexibility index (Phi) is 8.95. The molecule has 0 unspecified atom stereocenters. The molecule has 0 saturated heterocycles. The number of carbonyl (C=O) groups is 2. The average molecular weight is 487 g/mol. The zero-order valence-electron chi connectivity index (χ0n) is 18.1. The molecular formula is C25H31BrN2O3. The highest BCUT2D eigenvalue weighted by molar-refractivity contribution is 9.10. The molecule has 166 valence electrons. The van der Waals surface area contributed by atoms with Crippen molar-refractivity contribution in [1.82, 2.24) is 10.2 Å². The first-order chi connectivity index (χ1) is 15.0. The van der Waals surface area contributed by atoms with Crippen LogP contribution in [-0.2, 0) is 16.1 Å². The highest BCUT2D eigenvalue weighted by Crippen LogP contribution is 2.19. The van der Waals surface area contributed by atoms with Crippen molar-refractivity contribution < 1.29 is 14.3 Å². The smallest absolute Gasteiger partial charge is 0.242 e. The molecule has 2 aromatic carbocycles. The number of para-hydroxylation sites is 1. The van der Waals surface area contributed by atoms with Crippen LogP contribution >= 0.6 is 15.9 Å². The van der Waals surface area contributed by atoms with Gasteiger partial charge in [0.25, 0.3) is 0 Å². The number of carbonyl (C=O) groups excluding carboxylic acids is 2. The lowest BCUT2D eigenvalue weighted by Gasteiger charge is -2.30. The highest BCUT2D eigenvalue weighted by Gasteiger charge is 2.28. The van der Waals surface area contributed by atoms with Crippen molar-refractivity contribution in [2.75, 3.05) is 6.61 Å². The van der Waals surface area contributed by atoms with E-state index in [-0.39, 0.29) is 17.9 Å². The number of nitrogens with one attached hydrogen (secondary N) is 1. The van der Waals surface area contributed by atoms with Gasteiger partial charge in [-0.05, 0) is 56.0 Å². The van der Waals surface area contributed by atoms with Gasteiger partial charge in [-0.2, -0.15) is 0 Å². The molecule has 3 rings (SSSR count). The van der Waals surface area contributed by atoms with Crippen LogP contribution in [0.25, 0.3) is 0 Å². The molecule has 31 heavy (non-hydrogen) atoms. The zero-order valence-corrected chi connectivity index (χ0v) is 19.6. The van der Waals surface area contributed by atoms with Crippen LogP contribution in [0.2, 0.25) is 0 Å². The topological polar surface area (TPSA) is 58.6 Å². The Morgan fingerprint density at radius 3 is 2.45 bits per heavy atom. The molecule has 0 spiro atoms. The van der Waals surface area contributed by atoms with Crippen molar-refractivity contribution in [2.24, 2.45) is 0 Å². The molecular weight excluding hydrogens is 456 g/mol. The minimum Gasteiger partial charge on any atom is -0.494 e. The average Bonchev–Trinajstić information content (AvgIpc) is 3.29. The quantitative estimate of drug-likeness (QED) is 0.476. The third kappa shape index (κ3) is 7.39. The molecule has 1 atom stereocenters. The Labute approximate surface area is 193 Å². The minimum atomic E-state index is -0.521. The van der Waals surface area contributed by atoms with Gasteiger partial charge in [0.1, 0.15) is 11.8 Å². The maximum atomic E-state index is 13.1. The molecule has 1 saturated carbocycles. The summed E-state index contributed by atoms with van der Waals surface area (Å²) in [5, 5.41) is 3.13. The summed E-state index contributed by atoms with van der Waals surface area (Å²) in [5.41, 5.74) is 0.998. The highest BCUT2D eigenvalue weighted by atomic mass is 79.9. The Morgan fingerprint density at radius 1 is 1.10 bits per heavy atom. The van der Waals surface area contributed by atoms with Crippen LogP contribution in [0.1, 0.15) is 51.0 Å². The Morgan fingerprint density at radius 2 is 1.77 bits per heavy atom. The largest absolute Gasteiger partial charge is 0.494 e. The number of amides is 2. The summed E-state index contributed by atoms with van der Waals surface area (Å²) < 4.78 is 6.69. The van der Waals surface area contributed by atoms with Crippen LogP contribution in [0.4, 0.5) is 0 Å². The van der Waals surface area contributed by atoms with E-state index in [0.717, 1.165) is 41.5 Å². The number of ether oxygens (including phenoxy) is 1. The van der Waals surface area contributed by atoms with Gasteiger partial charge in [-0.3, -0.25) is 9.59 Å². The van der Waals surface area contributed by atoms with Crippen LogP contribution in [0, 0.1) is 0 Å². The lowest BCUT2D eigenvalue weighted by Crippen LogP contribution is -2.49. The summed E-state index contributed by atoms with van der Waals surface area (Å²) in [6.45, 7) is 2.69. The monoisotopic (exact) mass is 486 g/mol. The second-order valence-corrected chi connectivity index (χ2v) is 8.99. The minimum absolute atomic E-state index is 0.0337. The lowest BCUT2D eigenvalue weighted by atomic mass is 10.1. The van der Waals surface area contributed by atoms with Gasteiger partial charge < -0.3 is 15.0 Å². The molecule has 1 aliphatic rings. The first kappa shape index (κ1) is 23.3. The molecule has 0 aromatic heterocycles. The van der Waals surface area contributed by atoms with Crippen molar-refractivity contribution in [3.05, 3.63) is 64.6 Å². The normalized spacial score (nSPS) is 14.8. The van der Waals surface area contributed by atoms with E-state index >= 15 is 0 Å². The van der Waals surface area contributed by atoms with Gasteiger partial charge in [-0.1, -0.05) is 59.1 Å². The second-order valence-electron chi connectivity index (χ2n) is 8.08. The van der Waals surface area contributed by atoms with Crippen molar-refractivity contribution in [3.63, 3.8) is 0 Å². The summed E-state index contributed by atoms with van der Waals surface area (Å²) in [7, 11) is 0. The number of rotatable bonds is 10. The third-order valence-corrected chi connectivity index (χ3v) is 6.21. The summed E-state index contributed by atoms with van der Waals surface area (Å²) >= 11 is 3.44. The molecule has 1 fully saturated rings. The van der Waals surface area contributed by atoms with Crippen LogP contribution in [-0.4, -0.2) is 35.4 Å². The molecule has 2 aromatic rings. The van der Waals surface area contributed by atoms with Crippen molar-refractivity contribution in [2.45, 2.75) is 64.1 Å². The van der Waals surface area contributed by atoms with E-state index in [1.807, 2.05) is 61.5 Å². The molecule has 1 aliphatic carbocycles. The summed E-state index contributed by atoms with van der Waals surface area (Å²) in [6, 6.07) is 17.2. The van der Waals surface area contributed by atoms with E-state index in [9.17, 15) is 9.59 Å². The van der Waals surface area contributed by atoms with E-state index in [1.54, 1.807) is 4.90 Å². The molecule has 0 aliphatic heterocycles. The fourth-order valence-electron chi connectivity index (χ4n) is 3.83. The predicted molar refractivity (Wildman–Crippen MR) is 126 cm³/mol. The predicted octanol–water partition coefficient (Wildman–Crippen LogP) is 5.08. The number of hydrogen-bond acceptors (Lipinski definition) is 3. The van der Waals surface area contributed by atoms with Crippen LogP contribution in [0.5, 0.6) is 5.75 Å². The van der Waals surface area contributed by atoms with E-state index < -0.39 is 6.04 Å². The molecule has 1 N–H and O–H groups in total. The summed E-state index contributed by atoms with van der Waals surface area (Å²) in [4.78, 5) is 27.6. The van der Waals surface area contributed by atoms with Gasteiger partial charge in [-0.25, -0.2) is 0 Å². The van der Waals surface area contributed by atoms with Gasteiger partial charge in [-0.15, -0.1) is 0 Å². The standard InChI is InChI=1S/C25H31BrN2O3/c1-19(25(30)27-22-8-5-6-9-22)28(18-20-13-15-21(26)16-14-20)24(29)12-7-17-31-23-10-3-2-4-11-23/h2-4,10-11,13-16,19,22H,5-9,12,17-18H2,1H3,(H,27,30)/t19-/m0/s1. The van der Waals surface area contributed by atoms with E-state index in [1.165, 1.54) is 0 Å². The number of benzene rings is 2. The van der Waals surface area contributed by atoms with Crippen LogP contribution in [0.15, 0.2) is 59.1 Å². The number of halogens is 1. The zero-order chi connectivity index (χ0) is 22.1. The van der Waals surface area contributed by atoms with Gasteiger partial charge in [0, 0.05) is 23.5 Å². The molecule has 0 heterocycles. The second kappa shape index (κ2) is 11.9.